The molecule has 0 radical (unpaired) electrons. The summed E-state index contributed by atoms with van der Waals surface area (Å²) >= 11 is 2.94. The Morgan fingerprint density at radius 3 is 2.72 bits per heavy atom. The van der Waals surface area contributed by atoms with Gasteiger partial charge in [0.25, 0.3) is 5.91 Å². The summed E-state index contributed by atoms with van der Waals surface area (Å²) in [5.74, 6) is -0.814. The highest BCUT2D eigenvalue weighted by Gasteiger charge is 2.16. The van der Waals surface area contributed by atoms with Gasteiger partial charge in [-0.3, -0.25) is 10.1 Å². The highest BCUT2D eigenvalue weighted by Crippen LogP contribution is 2.28. The Morgan fingerprint density at radius 2 is 2.04 bits per heavy atom. The first-order chi connectivity index (χ1) is 12.1. The van der Waals surface area contributed by atoms with Crippen molar-refractivity contribution in [3.8, 4) is 10.6 Å². The van der Waals surface area contributed by atoms with Crippen LogP contribution >= 0.6 is 22.7 Å². The summed E-state index contributed by atoms with van der Waals surface area (Å²) in [5.41, 5.74) is 1.85. The normalized spacial score (nSPS) is 10.5. The molecule has 6 nitrogen and oxygen atoms in total. The maximum atomic E-state index is 12.3. The zero-order chi connectivity index (χ0) is 17.8. The third kappa shape index (κ3) is 3.92. The van der Waals surface area contributed by atoms with Crippen LogP contribution in [-0.4, -0.2) is 28.5 Å². The predicted octanol–water partition coefficient (Wildman–Crippen LogP) is 4.00. The molecule has 0 saturated carbocycles. The Labute approximate surface area is 152 Å². The van der Waals surface area contributed by atoms with Gasteiger partial charge in [-0.25, -0.2) is 14.8 Å². The fourth-order valence-corrected chi connectivity index (χ4v) is 3.61. The molecule has 8 heteroatoms. The lowest BCUT2D eigenvalue weighted by atomic mass is 10.2. The van der Waals surface area contributed by atoms with Crippen molar-refractivity contribution >= 4 is 39.7 Å². The Kier molecular flexibility index (Phi) is 5.20. The number of amides is 1. The van der Waals surface area contributed by atoms with Crippen molar-refractivity contribution in [3.05, 3.63) is 52.0 Å². The lowest BCUT2D eigenvalue weighted by Gasteiger charge is -2.07. The molecule has 0 spiro atoms. The quantitative estimate of drug-likeness (QED) is 0.684. The number of anilines is 1. The van der Waals surface area contributed by atoms with E-state index in [-0.39, 0.29) is 18.2 Å². The van der Waals surface area contributed by atoms with Crippen LogP contribution in [0.5, 0.6) is 0 Å². The summed E-state index contributed by atoms with van der Waals surface area (Å²) in [7, 11) is 0. The number of ether oxygens (including phenoxy) is 1. The molecule has 0 unspecified atom stereocenters. The van der Waals surface area contributed by atoms with Crippen molar-refractivity contribution in [3.63, 3.8) is 0 Å². The Hall–Kier alpha value is -2.58. The van der Waals surface area contributed by atoms with Crippen LogP contribution in [0.1, 0.15) is 33.5 Å². The predicted molar refractivity (Wildman–Crippen MR) is 98.3 cm³/mol. The van der Waals surface area contributed by atoms with Gasteiger partial charge < -0.3 is 4.74 Å². The summed E-state index contributed by atoms with van der Waals surface area (Å²) in [6.07, 6.45) is 0. The van der Waals surface area contributed by atoms with E-state index in [4.69, 9.17) is 4.74 Å². The number of carbonyl (C=O) groups is 2. The van der Waals surface area contributed by atoms with Crippen LogP contribution in [0.3, 0.4) is 0 Å². The second kappa shape index (κ2) is 7.54. The van der Waals surface area contributed by atoms with Gasteiger partial charge in [-0.15, -0.1) is 22.7 Å². The lowest BCUT2D eigenvalue weighted by molar-refractivity contribution is 0.0524. The molecule has 0 atom stereocenters. The highest BCUT2D eigenvalue weighted by atomic mass is 32.1. The maximum absolute atomic E-state index is 12.3. The smallest absolute Gasteiger partial charge is 0.339 e. The van der Waals surface area contributed by atoms with Gasteiger partial charge in [0.2, 0.25) is 0 Å². The van der Waals surface area contributed by atoms with E-state index < -0.39 is 5.97 Å². The molecule has 1 amide bonds. The minimum atomic E-state index is -0.444. The fourth-order valence-electron chi connectivity index (χ4n) is 2.14. The van der Waals surface area contributed by atoms with Crippen LogP contribution in [0, 0.1) is 6.92 Å². The number of aryl methyl sites for hydroxylation is 1. The lowest BCUT2D eigenvalue weighted by Crippen LogP contribution is -2.16. The van der Waals surface area contributed by atoms with Gasteiger partial charge >= 0.3 is 5.97 Å². The number of hydrogen-bond acceptors (Lipinski definition) is 7. The average Bonchev–Trinajstić information content (AvgIpc) is 3.26. The first-order valence-corrected chi connectivity index (χ1v) is 9.30. The highest BCUT2D eigenvalue weighted by molar-refractivity contribution is 7.16. The van der Waals surface area contributed by atoms with Crippen molar-refractivity contribution in [1.82, 2.24) is 9.97 Å². The minimum Gasteiger partial charge on any atom is -0.462 e. The number of thiophene rings is 1. The van der Waals surface area contributed by atoms with Gasteiger partial charge in [0.05, 0.1) is 28.4 Å². The molecular formula is C17H15N3O3S2. The molecule has 3 heterocycles. The van der Waals surface area contributed by atoms with E-state index in [1.54, 1.807) is 31.3 Å². The van der Waals surface area contributed by atoms with Gasteiger partial charge in [-0.05, 0) is 37.4 Å². The monoisotopic (exact) mass is 373 g/mol. The summed E-state index contributed by atoms with van der Waals surface area (Å²) in [6, 6.07) is 6.98. The van der Waals surface area contributed by atoms with Crippen LogP contribution in [0.25, 0.3) is 10.6 Å². The molecule has 0 aliphatic heterocycles. The van der Waals surface area contributed by atoms with E-state index in [0.29, 0.717) is 16.4 Å². The largest absolute Gasteiger partial charge is 0.462 e. The summed E-state index contributed by atoms with van der Waals surface area (Å²) in [4.78, 5) is 33.8. The third-order valence-corrected chi connectivity index (χ3v) is 4.96. The minimum absolute atomic E-state index is 0.221. The first kappa shape index (κ1) is 17.2. The van der Waals surface area contributed by atoms with Gasteiger partial charge in [0, 0.05) is 5.38 Å². The molecule has 0 aromatic carbocycles. The fraction of sp³-hybridized carbons (Fsp3) is 0.176. The molecule has 128 valence electrons. The number of hydrogen-bond donors (Lipinski definition) is 1. The zero-order valence-electron chi connectivity index (χ0n) is 13.6. The van der Waals surface area contributed by atoms with Crippen LogP contribution < -0.4 is 5.32 Å². The van der Waals surface area contributed by atoms with Crippen molar-refractivity contribution in [2.75, 3.05) is 11.9 Å². The number of nitrogens with zero attached hydrogens (tertiary/aromatic N) is 2. The summed E-state index contributed by atoms with van der Waals surface area (Å²) in [5, 5.41) is 7.11. The Bertz CT molecular complexity index is 904. The van der Waals surface area contributed by atoms with Crippen molar-refractivity contribution in [2.45, 2.75) is 13.8 Å². The van der Waals surface area contributed by atoms with Crippen molar-refractivity contribution < 1.29 is 14.3 Å². The van der Waals surface area contributed by atoms with Crippen LogP contribution in [0.15, 0.2) is 35.0 Å². The standard InChI is InChI=1S/C17H15N3O3S2/c1-3-23-16(22)11-6-7-12(18-10(11)2)15(21)20-17-19-13(9-25-17)14-5-4-8-24-14/h4-9H,3H2,1-2H3,(H,19,20,21). The number of esters is 1. The van der Waals surface area contributed by atoms with E-state index >= 15 is 0 Å². The Morgan fingerprint density at radius 1 is 1.20 bits per heavy atom. The zero-order valence-corrected chi connectivity index (χ0v) is 15.2. The number of thiazole rings is 1. The third-order valence-electron chi connectivity index (χ3n) is 3.31. The van der Waals surface area contributed by atoms with Crippen LogP contribution in [0.2, 0.25) is 0 Å². The molecule has 3 aromatic rings. The van der Waals surface area contributed by atoms with Crippen molar-refractivity contribution in [2.24, 2.45) is 0 Å². The molecule has 25 heavy (non-hydrogen) atoms. The van der Waals surface area contributed by atoms with Crippen LogP contribution in [0.4, 0.5) is 5.13 Å². The molecule has 3 rings (SSSR count). The van der Waals surface area contributed by atoms with E-state index in [0.717, 1.165) is 10.6 Å². The van der Waals surface area contributed by atoms with Gasteiger partial charge in [0.1, 0.15) is 5.69 Å². The number of carbonyl (C=O) groups excluding carboxylic acids is 2. The number of nitrogens with one attached hydrogen (secondary N) is 1. The van der Waals surface area contributed by atoms with Gasteiger partial charge in [-0.2, -0.15) is 0 Å². The van der Waals surface area contributed by atoms with Gasteiger partial charge in [-0.1, -0.05) is 6.07 Å². The number of aromatic nitrogens is 2. The molecule has 0 aliphatic carbocycles. The molecule has 0 fully saturated rings. The first-order valence-electron chi connectivity index (χ1n) is 7.54. The summed E-state index contributed by atoms with van der Waals surface area (Å²) < 4.78 is 4.96. The molecule has 1 N–H and O–H groups in total. The SMILES string of the molecule is CCOC(=O)c1ccc(C(=O)Nc2nc(-c3cccs3)cs2)nc1C. The number of rotatable bonds is 5. The van der Waals surface area contributed by atoms with E-state index in [2.05, 4.69) is 15.3 Å². The second-order valence-electron chi connectivity index (χ2n) is 5.02. The molecule has 0 saturated heterocycles. The molecule has 0 bridgehead atoms. The van der Waals surface area contributed by atoms with E-state index in [1.807, 2.05) is 22.9 Å². The second-order valence-corrected chi connectivity index (χ2v) is 6.83. The van der Waals surface area contributed by atoms with E-state index in [1.165, 1.54) is 17.4 Å². The topological polar surface area (TPSA) is 81.2 Å². The molecular weight excluding hydrogens is 358 g/mol. The van der Waals surface area contributed by atoms with Crippen LogP contribution in [-0.2, 0) is 4.74 Å². The van der Waals surface area contributed by atoms with Gasteiger partial charge in [0.15, 0.2) is 5.13 Å². The average molecular weight is 373 g/mol. The van der Waals surface area contributed by atoms with E-state index in [9.17, 15) is 9.59 Å². The molecule has 0 aliphatic rings. The summed E-state index contributed by atoms with van der Waals surface area (Å²) in [6.45, 7) is 3.69. The maximum Gasteiger partial charge on any atom is 0.339 e. The van der Waals surface area contributed by atoms with Crippen molar-refractivity contribution in [1.29, 1.82) is 0 Å². The molecule has 3 aromatic heterocycles. The Balaban J connectivity index is 1.73. The number of pyridine rings is 1.